The number of halogens is 3. The Morgan fingerprint density at radius 2 is 1.83 bits per heavy atom. The summed E-state index contributed by atoms with van der Waals surface area (Å²) < 4.78 is 39.2. The summed E-state index contributed by atoms with van der Waals surface area (Å²) in [6.07, 6.45) is -5.83. The molecular formula is C21H19F3N2O2S. The molecule has 0 aliphatic rings. The number of rotatable bonds is 5. The number of thiazole rings is 1. The van der Waals surface area contributed by atoms with E-state index in [1.165, 1.54) is 23.5 Å². The van der Waals surface area contributed by atoms with Crippen molar-refractivity contribution in [2.45, 2.75) is 32.7 Å². The second-order valence-corrected chi connectivity index (χ2v) is 8.02. The van der Waals surface area contributed by atoms with Crippen LogP contribution in [0.5, 0.6) is 0 Å². The third-order valence-corrected chi connectivity index (χ3v) is 5.21. The van der Waals surface area contributed by atoms with Crippen molar-refractivity contribution >= 4 is 17.2 Å². The summed E-state index contributed by atoms with van der Waals surface area (Å²) in [6.45, 7) is 3.95. The largest absolute Gasteiger partial charge is 0.418 e. The minimum absolute atomic E-state index is 0.0367. The highest BCUT2D eigenvalue weighted by molar-refractivity contribution is 7.11. The molecule has 1 heterocycles. The average molecular weight is 420 g/mol. The minimum Gasteiger partial charge on any atom is -0.379 e. The van der Waals surface area contributed by atoms with Gasteiger partial charge in [0.25, 0.3) is 5.91 Å². The Balaban J connectivity index is 1.94. The van der Waals surface area contributed by atoms with Gasteiger partial charge in [-0.1, -0.05) is 29.8 Å². The lowest BCUT2D eigenvalue weighted by atomic mass is 9.96. The highest BCUT2D eigenvalue weighted by Crippen LogP contribution is 2.35. The van der Waals surface area contributed by atoms with Gasteiger partial charge in [0.15, 0.2) is 6.10 Å². The molecule has 1 unspecified atom stereocenters. The quantitative estimate of drug-likeness (QED) is 0.614. The Labute approximate surface area is 170 Å². The second kappa shape index (κ2) is 8.34. The molecule has 0 aliphatic heterocycles. The molecule has 8 heteroatoms. The predicted molar refractivity (Wildman–Crippen MR) is 106 cm³/mol. The summed E-state index contributed by atoms with van der Waals surface area (Å²) in [6, 6.07) is 11.0. The van der Waals surface area contributed by atoms with Gasteiger partial charge in [-0.25, -0.2) is 4.98 Å². The van der Waals surface area contributed by atoms with Crippen LogP contribution in [0, 0.1) is 13.8 Å². The molecule has 0 bridgehead atoms. The number of hydrogen-bond acceptors (Lipinski definition) is 4. The van der Waals surface area contributed by atoms with Gasteiger partial charge in [-0.05, 0) is 48.7 Å². The Morgan fingerprint density at radius 3 is 2.41 bits per heavy atom. The average Bonchev–Trinajstić information content (AvgIpc) is 3.10. The van der Waals surface area contributed by atoms with Gasteiger partial charge < -0.3 is 10.4 Å². The smallest absolute Gasteiger partial charge is 0.379 e. The number of benzene rings is 2. The van der Waals surface area contributed by atoms with Crippen molar-refractivity contribution in [3.63, 3.8) is 0 Å². The van der Waals surface area contributed by atoms with Crippen LogP contribution < -0.4 is 5.32 Å². The summed E-state index contributed by atoms with van der Waals surface area (Å²) >= 11 is 1.42. The second-order valence-electron chi connectivity index (χ2n) is 6.70. The van der Waals surface area contributed by atoms with Crippen molar-refractivity contribution in [2.75, 3.05) is 0 Å². The molecule has 1 aromatic heterocycles. The van der Waals surface area contributed by atoms with Gasteiger partial charge in [-0.2, -0.15) is 13.2 Å². The van der Waals surface area contributed by atoms with E-state index in [0.29, 0.717) is 16.1 Å². The monoisotopic (exact) mass is 420 g/mol. The molecule has 0 aliphatic carbocycles. The number of carbonyl (C=O) groups excluding carboxylic acids is 1. The van der Waals surface area contributed by atoms with E-state index in [4.69, 9.17) is 0 Å². The van der Waals surface area contributed by atoms with Crippen molar-refractivity contribution in [1.29, 1.82) is 0 Å². The molecule has 0 fully saturated rings. The number of carbonyl (C=O) groups is 1. The molecule has 4 nitrogen and oxygen atoms in total. The maximum absolute atomic E-state index is 13.1. The normalized spacial score (nSPS) is 12.6. The van der Waals surface area contributed by atoms with Crippen LogP contribution in [0.25, 0.3) is 11.1 Å². The Hall–Kier alpha value is -2.71. The Bertz CT molecular complexity index is 1010. The molecule has 2 aromatic carbocycles. The highest BCUT2D eigenvalue weighted by Gasteiger charge is 2.39. The van der Waals surface area contributed by atoms with E-state index in [1.807, 2.05) is 26.0 Å². The molecule has 3 aromatic rings. The number of alkyl halides is 3. The molecule has 3 rings (SSSR count). The number of aromatic nitrogens is 1. The summed E-state index contributed by atoms with van der Waals surface area (Å²) in [5.74, 6) is -0.539. The first-order valence-electron chi connectivity index (χ1n) is 8.80. The van der Waals surface area contributed by atoms with Gasteiger partial charge in [-0.15, -0.1) is 11.3 Å². The van der Waals surface area contributed by atoms with Crippen LogP contribution in [0.3, 0.4) is 0 Å². The predicted octanol–water partition coefficient (Wildman–Crippen LogP) is 4.95. The van der Waals surface area contributed by atoms with Crippen LogP contribution in [-0.4, -0.2) is 22.2 Å². The Kier molecular flexibility index (Phi) is 6.04. The lowest BCUT2D eigenvalue weighted by Crippen LogP contribution is -2.24. The SMILES string of the molecule is Cc1ccc(-c2cc(C(=O)NCc3ncc(C)s3)cc(C(O)C(F)(F)F)c2)cc1. The molecule has 152 valence electrons. The fourth-order valence-electron chi connectivity index (χ4n) is 2.78. The third kappa shape index (κ3) is 5.21. The van der Waals surface area contributed by atoms with E-state index < -0.39 is 18.2 Å². The number of aryl methyl sites for hydroxylation is 2. The standard InChI is InChI=1S/C21H19F3N2O2S/c1-12-3-5-14(6-4-12)15-7-16(19(27)21(22,23)24)9-17(8-15)20(28)26-11-18-25-10-13(2)29-18/h3-10,19,27H,11H2,1-2H3,(H,26,28). The molecule has 2 N–H and O–H groups in total. The zero-order valence-electron chi connectivity index (χ0n) is 15.7. The van der Waals surface area contributed by atoms with Crippen LogP contribution in [0.4, 0.5) is 13.2 Å². The molecule has 0 saturated heterocycles. The fraction of sp³-hybridized carbons (Fsp3) is 0.238. The van der Waals surface area contributed by atoms with Gasteiger partial charge in [0.1, 0.15) is 5.01 Å². The van der Waals surface area contributed by atoms with Crippen molar-refractivity contribution < 1.29 is 23.1 Å². The van der Waals surface area contributed by atoms with Gasteiger partial charge >= 0.3 is 6.18 Å². The van der Waals surface area contributed by atoms with Crippen LogP contribution >= 0.6 is 11.3 Å². The molecule has 29 heavy (non-hydrogen) atoms. The van der Waals surface area contributed by atoms with Crippen LogP contribution in [0.1, 0.15) is 37.5 Å². The van der Waals surface area contributed by atoms with Crippen LogP contribution in [0.15, 0.2) is 48.7 Å². The number of amides is 1. The van der Waals surface area contributed by atoms with Crippen LogP contribution in [0.2, 0.25) is 0 Å². The molecular weight excluding hydrogens is 401 g/mol. The first-order valence-corrected chi connectivity index (χ1v) is 9.61. The molecule has 0 saturated carbocycles. The first kappa shape index (κ1) is 21.0. The highest BCUT2D eigenvalue weighted by atomic mass is 32.1. The maximum atomic E-state index is 13.1. The van der Waals surface area contributed by atoms with E-state index in [1.54, 1.807) is 18.3 Å². The molecule has 1 atom stereocenters. The van der Waals surface area contributed by atoms with E-state index in [2.05, 4.69) is 10.3 Å². The van der Waals surface area contributed by atoms with E-state index >= 15 is 0 Å². The summed E-state index contributed by atoms with van der Waals surface area (Å²) in [5, 5.41) is 13.1. The summed E-state index contributed by atoms with van der Waals surface area (Å²) in [4.78, 5) is 17.7. The molecule has 0 radical (unpaired) electrons. The number of nitrogens with zero attached hydrogens (tertiary/aromatic N) is 1. The van der Waals surface area contributed by atoms with Gasteiger partial charge in [-0.3, -0.25) is 4.79 Å². The van der Waals surface area contributed by atoms with E-state index in [0.717, 1.165) is 16.5 Å². The number of nitrogens with one attached hydrogen (secondary N) is 1. The molecule has 0 spiro atoms. The fourth-order valence-corrected chi connectivity index (χ4v) is 3.51. The zero-order chi connectivity index (χ0) is 21.2. The zero-order valence-corrected chi connectivity index (χ0v) is 16.6. The molecule has 1 amide bonds. The Morgan fingerprint density at radius 1 is 1.14 bits per heavy atom. The maximum Gasteiger partial charge on any atom is 0.418 e. The van der Waals surface area contributed by atoms with Crippen molar-refractivity contribution in [3.8, 4) is 11.1 Å². The lowest BCUT2D eigenvalue weighted by Gasteiger charge is -2.17. The number of hydrogen-bond donors (Lipinski definition) is 2. The minimum atomic E-state index is -4.84. The van der Waals surface area contributed by atoms with E-state index in [-0.39, 0.29) is 17.7 Å². The van der Waals surface area contributed by atoms with Gasteiger partial charge in [0.05, 0.1) is 6.54 Å². The number of aliphatic hydroxyl groups is 1. The first-order chi connectivity index (χ1) is 13.6. The van der Waals surface area contributed by atoms with Gasteiger partial charge in [0, 0.05) is 16.6 Å². The van der Waals surface area contributed by atoms with Gasteiger partial charge in [0.2, 0.25) is 0 Å². The van der Waals surface area contributed by atoms with Crippen molar-refractivity contribution in [2.24, 2.45) is 0 Å². The topological polar surface area (TPSA) is 62.2 Å². The third-order valence-electron chi connectivity index (χ3n) is 4.30. The van der Waals surface area contributed by atoms with Crippen molar-refractivity contribution in [3.05, 3.63) is 75.2 Å². The lowest BCUT2D eigenvalue weighted by molar-refractivity contribution is -0.206. The van der Waals surface area contributed by atoms with Crippen molar-refractivity contribution in [1.82, 2.24) is 10.3 Å². The van der Waals surface area contributed by atoms with E-state index in [9.17, 15) is 23.1 Å². The summed E-state index contributed by atoms with van der Waals surface area (Å²) in [5.41, 5.74) is 1.72. The number of aliphatic hydroxyl groups excluding tert-OH is 1. The van der Waals surface area contributed by atoms with Crippen LogP contribution in [-0.2, 0) is 6.54 Å². The summed E-state index contributed by atoms with van der Waals surface area (Å²) in [7, 11) is 0.